The molecule has 27 heavy (non-hydrogen) atoms. The lowest BCUT2D eigenvalue weighted by atomic mass is 9.99. The van der Waals surface area contributed by atoms with Crippen molar-refractivity contribution in [1.82, 2.24) is 19.6 Å². The van der Waals surface area contributed by atoms with Crippen molar-refractivity contribution in [2.75, 3.05) is 26.2 Å². The zero-order valence-corrected chi connectivity index (χ0v) is 17.6. The first-order valence-corrected chi connectivity index (χ1v) is 11.0. The molecule has 1 fully saturated rings. The predicted octanol–water partition coefficient (Wildman–Crippen LogP) is 3.42. The van der Waals surface area contributed by atoms with E-state index in [0.29, 0.717) is 0 Å². The summed E-state index contributed by atoms with van der Waals surface area (Å²) in [6.07, 6.45) is 4.85. The molecule has 0 N–H and O–H groups in total. The fourth-order valence-electron chi connectivity index (χ4n) is 4.36. The Morgan fingerprint density at radius 1 is 1.15 bits per heavy atom. The number of thiophene rings is 1. The molecule has 0 aromatic carbocycles. The minimum Gasteiger partial charge on any atom is -0.335 e. The van der Waals surface area contributed by atoms with Crippen LogP contribution in [0.5, 0.6) is 0 Å². The van der Waals surface area contributed by atoms with Gasteiger partial charge in [0.2, 0.25) is 0 Å². The molecule has 1 amide bonds. The van der Waals surface area contributed by atoms with Crippen molar-refractivity contribution < 1.29 is 4.79 Å². The number of carbonyl (C=O) groups is 1. The third-order valence-electron chi connectivity index (χ3n) is 6.08. The second kappa shape index (κ2) is 7.76. The van der Waals surface area contributed by atoms with E-state index in [2.05, 4.69) is 41.5 Å². The van der Waals surface area contributed by atoms with Gasteiger partial charge in [0.1, 0.15) is 0 Å². The Bertz CT molecular complexity index is 806. The van der Waals surface area contributed by atoms with E-state index in [0.717, 1.165) is 62.7 Å². The fraction of sp³-hybridized carbons (Fsp3) is 0.619. The molecule has 0 saturated carbocycles. The van der Waals surface area contributed by atoms with Crippen molar-refractivity contribution in [3.8, 4) is 0 Å². The first kappa shape index (κ1) is 18.7. The maximum Gasteiger partial charge on any atom is 0.264 e. The minimum absolute atomic E-state index is 0.236. The average Bonchev–Trinajstić information content (AvgIpc) is 3.24. The molecule has 0 spiro atoms. The molecule has 1 aliphatic heterocycles. The third-order valence-corrected chi connectivity index (χ3v) is 7.30. The first-order valence-electron chi connectivity index (χ1n) is 10.2. The molecule has 0 unspecified atom stereocenters. The summed E-state index contributed by atoms with van der Waals surface area (Å²) in [6, 6.07) is 2.17. The number of amides is 1. The van der Waals surface area contributed by atoms with Crippen molar-refractivity contribution in [2.24, 2.45) is 0 Å². The van der Waals surface area contributed by atoms with Gasteiger partial charge in [-0.1, -0.05) is 0 Å². The van der Waals surface area contributed by atoms with Crippen LogP contribution < -0.4 is 0 Å². The number of hydrogen-bond donors (Lipinski definition) is 0. The molecule has 4 rings (SSSR count). The van der Waals surface area contributed by atoms with Gasteiger partial charge in [-0.3, -0.25) is 14.4 Å². The summed E-state index contributed by atoms with van der Waals surface area (Å²) in [5.41, 5.74) is 5.18. The van der Waals surface area contributed by atoms with E-state index >= 15 is 0 Å². The number of aryl methyl sites for hydroxylation is 4. The summed E-state index contributed by atoms with van der Waals surface area (Å²) in [5.74, 6) is 0.236. The first-order chi connectivity index (χ1) is 13.1. The number of nitrogens with zero attached hydrogens (tertiary/aromatic N) is 4. The zero-order chi connectivity index (χ0) is 19.0. The maximum atomic E-state index is 12.9. The number of piperazine rings is 1. The molecule has 0 radical (unpaired) electrons. The van der Waals surface area contributed by atoms with E-state index in [1.807, 2.05) is 4.90 Å². The number of fused-ring (bicyclic) bond motifs is 1. The molecule has 3 heterocycles. The fourth-order valence-corrected chi connectivity index (χ4v) is 5.58. The van der Waals surface area contributed by atoms with Gasteiger partial charge in [0, 0.05) is 55.4 Å². The highest BCUT2D eigenvalue weighted by atomic mass is 32.1. The molecular weight excluding hydrogens is 356 g/mol. The quantitative estimate of drug-likeness (QED) is 0.808. The van der Waals surface area contributed by atoms with Crippen LogP contribution in [-0.4, -0.2) is 51.7 Å². The third kappa shape index (κ3) is 3.69. The number of rotatable bonds is 4. The predicted molar refractivity (Wildman–Crippen MR) is 110 cm³/mol. The number of aromatic nitrogens is 2. The Hall–Kier alpha value is -1.66. The van der Waals surface area contributed by atoms with Crippen LogP contribution in [0.2, 0.25) is 0 Å². The Morgan fingerprint density at radius 3 is 2.56 bits per heavy atom. The van der Waals surface area contributed by atoms with Gasteiger partial charge in [0.25, 0.3) is 5.91 Å². The molecule has 1 aliphatic carbocycles. The second-order valence-electron chi connectivity index (χ2n) is 7.80. The van der Waals surface area contributed by atoms with E-state index in [-0.39, 0.29) is 5.91 Å². The van der Waals surface area contributed by atoms with Gasteiger partial charge < -0.3 is 4.90 Å². The van der Waals surface area contributed by atoms with Crippen molar-refractivity contribution >= 4 is 17.2 Å². The second-order valence-corrected chi connectivity index (χ2v) is 8.94. The molecule has 146 valence electrons. The highest BCUT2D eigenvalue weighted by Crippen LogP contribution is 2.30. The van der Waals surface area contributed by atoms with E-state index in [9.17, 15) is 4.79 Å². The van der Waals surface area contributed by atoms with Gasteiger partial charge in [-0.25, -0.2) is 0 Å². The summed E-state index contributed by atoms with van der Waals surface area (Å²) in [5, 5.41) is 4.64. The van der Waals surface area contributed by atoms with Crippen LogP contribution in [0, 0.1) is 13.8 Å². The highest BCUT2D eigenvalue weighted by Gasteiger charge is 2.26. The van der Waals surface area contributed by atoms with E-state index in [1.165, 1.54) is 34.5 Å². The Kier molecular flexibility index (Phi) is 5.37. The van der Waals surface area contributed by atoms with Gasteiger partial charge in [-0.15, -0.1) is 11.3 Å². The average molecular weight is 387 g/mol. The van der Waals surface area contributed by atoms with Crippen LogP contribution in [0.3, 0.4) is 0 Å². The summed E-state index contributed by atoms with van der Waals surface area (Å²) in [6.45, 7) is 11.8. The summed E-state index contributed by atoms with van der Waals surface area (Å²) in [4.78, 5) is 19.8. The number of hydrogen-bond acceptors (Lipinski definition) is 4. The Morgan fingerprint density at radius 2 is 1.89 bits per heavy atom. The van der Waals surface area contributed by atoms with E-state index in [1.54, 1.807) is 11.3 Å². The number of carbonyl (C=O) groups excluding carboxylic acids is 1. The lowest BCUT2D eigenvalue weighted by molar-refractivity contribution is 0.0632. The van der Waals surface area contributed by atoms with Gasteiger partial charge in [-0.05, 0) is 58.1 Å². The van der Waals surface area contributed by atoms with Crippen LogP contribution in [0.15, 0.2) is 6.07 Å². The molecule has 2 aliphatic rings. The topological polar surface area (TPSA) is 41.4 Å². The Labute approximate surface area is 166 Å². The molecule has 5 nitrogen and oxygen atoms in total. The van der Waals surface area contributed by atoms with Crippen molar-refractivity contribution in [3.63, 3.8) is 0 Å². The van der Waals surface area contributed by atoms with E-state index < -0.39 is 0 Å². The Balaban J connectivity index is 1.37. The van der Waals surface area contributed by atoms with Crippen LogP contribution in [-0.2, 0) is 25.9 Å². The molecular formula is C21H30N4OS. The molecule has 2 aromatic rings. The molecule has 1 saturated heterocycles. The lowest BCUT2D eigenvalue weighted by Gasteiger charge is -2.34. The highest BCUT2D eigenvalue weighted by molar-refractivity contribution is 7.14. The van der Waals surface area contributed by atoms with Gasteiger partial charge >= 0.3 is 0 Å². The van der Waals surface area contributed by atoms with Gasteiger partial charge in [0.05, 0.1) is 10.6 Å². The normalized spacial score (nSPS) is 18.0. The minimum atomic E-state index is 0.236. The van der Waals surface area contributed by atoms with Crippen molar-refractivity contribution in [2.45, 2.75) is 59.5 Å². The van der Waals surface area contributed by atoms with Crippen molar-refractivity contribution in [1.29, 1.82) is 0 Å². The van der Waals surface area contributed by atoms with E-state index in [4.69, 9.17) is 0 Å². The molecule has 0 bridgehead atoms. The zero-order valence-electron chi connectivity index (χ0n) is 16.8. The molecule has 6 heteroatoms. The smallest absolute Gasteiger partial charge is 0.264 e. The van der Waals surface area contributed by atoms with Gasteiger partial charge in [-0.2, -0.15) is 5.10 Å². The summed E-state index contributed by atoms with van der Waals surface area (Å²) >= 11 is 1.73. The van der Waals surface area contributed by atoms with Crippen LogP contribution >= 0.6 is 11.3 Å². The standard InChI is InChI=1S/C21H30N4OS/c1-4-25-16(3)18(15(2)22-25)14-23-9-11-24(12-10-23)21(26)20-13-17-7-5-6-8-19(17)27-20/h13H,4-12,14H2,1-3H3. The molecule has 2 aromatic heterocycles. The maximum absolute atomic E-state index is 12.9. The summed E-state index contributed by atoms with van der Waals surface area (Å²) in [7, 11) is 0. The van der Waals surface area contributed by atoms with Crippen LogP contribution in [0.1, 0.15) is 56.8 Å². The largest absolute Gasteiger partial charge is 0.335 e. The van der Waals surface area contributed by atoms with Crippen LogP contribution in [0.4, 0.5) is 0 Å². The lowest BCUT2D eigenvalue weighted by Crippen LogP contribution is -2.48. The monoisotopic (exact) mass is 386 g/mol. The summed E-state index contributed by atoms with van der Waals surface area (Å²) < 4.78 is 2.09. The van der Waals surface area contributed by atoms with Crippen LogP contribution in [0.25, 0.3) is 0 Å². The van der Waals surface area contributed by atoms with Gasteiger partial charge in [0.15, 0.2) is 0 Å². The van der Waals surface area contributed by atoms with Crippen molar-refractivity contribution in [3.05, 3.63) is 38.3 Å². The SMILES string of the molecule is CCn1nc(C)c(CN2CCN(C(=O)c3cc4c(s3)CCCC4)CC2)c1C. The molecule has 0 atom stereocenters.